The minimum absolute atomic E-state index is 0.512. The highest BCUT2D eigenvalue weighted by Gasteiger charge is 2.24. The summed E-state index contributed by atoms with van der Waals surface area (Å²) in [5.41, 5.74) is 9.31. The molecule has 5 heterocycles. The quantitative estimate of drug-likeness (QED) is 0.148. The van der Waals surface area contributed by atoms with E-state index in [9.17, 15) is 0 Å². The lowest BCUT2D eigenvalue weighted by atomic mass is 10.1. The van der Waals surface area contributed by atoms with Gasteiger partial charge < -0.3 is 0 Å². The molecule has 0 atom stereocenters. The molecule has 8 aromatic carbocycles. The van der Waals surface area contributed by atoms with Gasteiger partial charge in [0.2, 0.25) is 11.9 Å². The van der Waals surface area contributed by atoms with Gasteiger partial charge in [0.15, 0.2) is 23.3 Å². The average Bonchev–Trinajstić information content (AvgIpc) is 4.13. The zero-order valence-electron chi connectivity index (χ0n) is 35.5. The van der Waals surface area contributed by atoms with Crippen molar-refractivity contribution in [3.05, 3.63) is 206 Å². The van der Waals surface area contributed by atoms with Gasteiger partial charge in [0.05, 0.1) is 22.1 Å². The van der Waals surface area contributed by atoms with Gasteiger partial charge in [0, 0.05) is 54.9 Å². The number of hydrogen-bond donors (Lipinski definition) is 0. The van der Waals surface area contributed by atoms with Crippen LogP contribution >= 0.6 is 11.3 Å². The first kappa shape index (κ1) is 38.4. The first-order chi connectivity index (χ1) is 33.2. The van der Waals surface area contributed by atoms with Crippen molar-refractivity contribution in [3.63, 3.8) is 0 Å². The molecule has 0 N–H and O–H groups in total. The van der Waals surface area contributed by atoms with Gasteiger partial charge >= 0.3 is 0 Å². The second-order valence-electron chi connectivity index (χ2n) is 16.0. The zero-order valence-corrected chi connectivity index (χ0v) is 36.3. The van der Waals surface area contributed by atoms with Crippen molar-refractivity contribution in [2.24, 2.45) is 0 Å². The van der Waals surface area contributed by atoms with Gasteiger partial charge in [0.25, 0.3) is 0 Å². The highest BCUT2D eigenvalue weighted by molar-refractivity contribution is 7.18. The summed E-state index contributed by atoms with van der Waals surface area (Å²) in [4.78, 5) is 30.6. The first-order valence-corrected chi connectivity index (χ1v) is 22.7. The molecule has 0 radical (unpaired) electrons. The Kier molecular flexibility index (Phi) is 9.10. The third kappa shape index (κ3) is 6.55. The molecular formula is C56H34N10S. The van der Waals surface area contributed by atoms with E-state index < -0.39 is 0 Å². The van der Waals surface area contributed by atoms with Crippen molar-refractivity contribution in [1.82, 2.24) is 49.2 Å². The van der Waals surface area contributed by atoms with Gasteiger partial charge in [-0.25, -0.2) is 9.97 Å². The van der Waals surface area contributed by atoms with Gasteiger partial charge in [-0.15, -0.1) is 10.2 Å². The molecule has 0 spiro atoms. The monoisotopic (exact) mass is 878 g/mol. The normalized spacial score (nSPS) is 11.6. The number of nitrogens with zero attached hydrogens (tertiary/aromatic N) is 10. The van der Waals surface area contributed by atoms with Gasteiger partial charge in [-0.2, -0.15) is 19.9 Å². The number of hydrogen-bond acceptors (Lipinski definition) is 9. The molecule has 0 fully saturated rings. The van der Waals surface area contributed by atoms with Gasteiger partial charge in [-0.3, -0.25) is 9.13 Å². The maximum atomic E-state index is 5.19. The predicted octanol–water partition coefficient (Wildman–Crippen LogP) is 13.1. The molecule has 11 heteroatoms. The highest BCUT2D eigenvalue weighted by Crippen LogP contribution is 2.43. The number of rotatable bonds is 8. The summed E-state index contributed by atoms with van der Waals surface area (Å²) in [5.74, 6) is 3.40. The molecule has 67 heavy (non-hydrogen) atoms. The Hall–Kier alpha value is -9.06. The molecule has 0 aliphatic carbocycles. The molecule has 13 rings (SSSR count). The molecule has 0 saturated heterocycles. The second-order valence-corrected chi connectivity index (χ2v) is 17.0. The summed E-state index contributed by atoms with van der Waals surface area (Å²) in [5, 5.41) is 15.7. The van der Waals surface area contributed by atoms with Crippen molar-refractivity contribution in [2.75, 3.05) is 0 Å². The summed E-state index contributed by atoms with van der Waals surface area (Å²) in [6, 6.07) is 69.7. The van der Waals surface area contributed by atoms with E-state index in [2.05, 4.69) is 94.1 Å². The van der Waals surface area contributed by atoms with Crippen LogP contribution in [0, 0.1) is 0 Å². The van der Waals surface area contributed by atoms with Crippen LogP contribution in [-0.2, 0) is 0 Å². The van der Waals surface area contributed by atoms with E-state index in [4.69, 9.17) is 40.1 Å². The maximum Gasteiger partial charge on any atom is 0.238 e. The van der Waals surface area contributed by atoms with Crippen LogP contribution in [0.4, 0.5) is 0 Å². The lowest BCUT2D eigenvalue weighted by molar-refractivity contribution is 0.953. The fraction of sp³-hybridized carbons (Fsp3) is 0. The van der Waals surface area contributed by atoms with Crippen LogP contribution in [-0.4, -0.2) is 49.2 Å². The molecule has 13 aromatic rings. The zero-order chi connectivity index (χ0) is 44.3. The van der Waals surface area contributed by atoms with E-state index in [0.717, 1.165) is 87.0 Å². The third-order valence-electron chi connectivity index (χ3n) is 12.1. The summed E-state index contributed by atoms with van der Waals surface area (Å²) in [7, 11) is 0. The predicted molar refractivity (Wildman–Crippen MR) is 268 cm³/mol. The molecule has 0 unspecified atom stereocenters. The van der Waals surface area contributed by atoms with Gasteiger partial charge in [0.1, 0.15) is 10.0 Å². The minimum Gasteiger partial charge on any atom is -0.278 e. The lowest BCUT2D eigenvalue weighted by Crippen LogP contribution is -2.06. The molecular weight excluding hydrogens is 845 g/mol. The van der Waals surface area contributed by atoms with Crippen LogP contribution in [0.25, 0.3) is 122 Å². The molecule has 0 saturated carbocycles. The van der Waals surface area contributed by atoms with E-state index >= 15 is 0 Å². The van der Waals surface area contributed by atoms with Crippen molar-refractivity contribution in [2.45, 2.75) is 0 Å². The fourth-order valence-corrected chi connectivity index (χ4v) is 9.95. The van der Waals surface area contributed by atoms with Crippen LogP contribution in [0.2, 0.25) is 0 Å². The van der Waals surface area contributed by atoms with Crippen molar-refractivity contribution >= 4 is 54.9 Å². The van der Waals surface area contributed by atoms with E-state index in [1.54, 1.807) is 11.3 Å². The van der Waals surface area contributed by atoms with E-state index in [-0.39, 0.29) is 0 Å². The molecule has 10 nitrogen and oxygen atoms in total. The lowest BCUT2D eigenvalue weighted by Gasteiger charge is -2.12. The molecule has 0 bridgehead atoms. The molecule has 314 valence electrons. The SMILES string of the molecule is c1ccc(-c2nc(-c3ccccc3)nc(-n3c4ccccc4c4c(-c5nnc(-c6cccc7c8ccccc8n(-c8nc(-c9ccccc9)nc(-c9ccccc9)n8)c67)s5)cccc43)n2)cc1. The molecule has 0 aliphatic rings. The Morgan fingerprint density at radius 2 is 0.687 bits per heavy atom. The highest BCUT2D eigenvalue weighted by atomic mass is 32.1. The Morgan fingerprint density at radius 1 is 0.299 bits per heavy atom. The van der Waals surface area contributed by atoms with Crippen LogP contribution in [0.1, 0.15) is 0 Å². The fourth-order valence-electron chi connectivity index (χ4n) is 9.05. The smallest absolute Gasteiger partial charge is 0.238 e. The first-order valence-electron chi connectivity index (χ1n) is 21.9. The van der Waals surface area contributed by atoms with Crippen LogP contribution < -0.4 is 0 Å². The topological polar surface area (TPSA) is 113 Å². The Bertz CT molecular complexity index is 3860. The second kappa shape index (κ2) is 15.9. The average molecular weight is 879 g/mol. The number of fused-ring (bicyclic) bond motifs is 6. The number of para-hydroxylation sites is 3. The van der Waals surface area contributed by atoms with Crippen LogP contribution in [0.5, 0.6) is 0 Å². The standard InChI is InChI=1S/C56H34N10S/c1-5-19-35(20-6-1)49-57-50(36-21-7-2-8-22-36)60-55(59-49)65-45-33-16-14-28-41(45)47-42(30-18-34-46(47)65)53-63-64-54(67-53)43-31-17-29-40-39-27-13-15-32-44(39)66(48(40)43)56-61-51(37-23-9-3-10-24-37)58-52(62-56)38-25-11-4-12-26-38/h1-34H. The molecule has 0 amide bonds. The molecule has 5 aromatic heterocycles. The largest absolute Gasteiger partial charge is 0.278 e. The van der Waals surface area contributed by atoms with Crippen molar-refractivity contribution < 1.29 is 0 Å². The van der Waals surface area contributed by atoms with Crippen molar-refractivity contribution in [3.8, 4) is 78.6 Å². The minimum atomic E-state index is 0.512. The summed E-state index contributed by atoms with van der Waals surface area (Å²) in [6.45, 7) is 0. The van der Waals surface area contributed by atoms with Gasteiger partial charge in [-0.05, 0) is 24.3 Å². The van der Waals surface area contributed by atoms with E-state index in [0.29, 0.717) is 35.2 Å². The van der Waals surface area contributed by atoms with Crippen LogP contribution in [0.3, 0.4) is 0 Å². The summed E-state index contributed by atoms with van der Waals surface area (Å²) < 4.78 is 4.29. The Balaban J connectivity index is 1.00. The van der Waals surface area contributed by atoms with Crippen molar-refractivity contribution in [1.29, 1.82) is 0 Å². The number of aromatic nitrogens is 10. The van der Waals surface area contributed by atoms with Crippen LogP contribution in [0.15, 0.2) is 206 Å². The van der Waals surface area contributed by atoms with E-state index in [1.807, 2.05) is 121 Å². The maximum absolute atomic E-state index is 5.19. The Morgan fingerprint density at radius 3 is 1.22 bits per heavy atom. The summed E-state index contributed by atoms with van der Waals surface area (Å²) >= 11 is 1.56. The van der Waals surface area contributed by atoms with E-state index in [1.165, 1.54) is 0 Å². The summed E-state index contributed by atoms with van der Waals surface area (Å²) in [6.07, 6.45) is 0. The van der Waals surface area contributed by atoms with Gasteiger partial charge in [-0.1, -0.05) is 193 Å². The molecule has 0 aliphatic heterocycles. The number of benzene rings is 8. The third-order valence-corrected chi connectivity index (χ3v) is 13.0. The Labute approximate surface area is 387 Å².